The lowest BCUT2D eigenvalue weighted by atomic mass is 10.00. The molecule has 1 saturated heterocycles. The molecule has 0 unspecified atom stereocenters. The van der Waals surface area contributed by atoms with Crippen LogP contribution >= 0.6 is 23.2 Å². The number of amides is 2. The molecule has 0 bridgehead atoms. The number of nitrogens with one attached hydrogen (secondary N) is 2. The smallest absolute Gasteiger partial charge is 0.243 e. The van der Waals surface area contributed by atoms with Gasteiger partial charge < -0.3 is 24.5 Å². The van der Waals surface area contributed by atoms with Crippen molar-refractivity contribution in [2.45, 2.75) is 63.8 Å². The molecule has 2 heterocycles. The van der Waals surface area contributed by atoms with E-state index in [0.717, 1.165) is 16.7 Å². The summed E-state index contributed by atoms with van der Waals surface area (Å²) >= 11 is 12.3. The van der Waals surface area contributed by atoms with E-state index in [-0.39, 0.29) is 42.7 Å². The summed E-state index contributed by atoms with van der Waals surface area (Å²) in [5.41, 5.74) is 4.64. The summed E-state index contributed by atoms with van der Waals surface area (Å²) in [7, 11) is 0. The van der Waals surface area contributed by atoms with Crippen molar-refractivity contribution in [2.75, 3.05) is 5.32 Å². The zero-order valence-electron chi connectivity index (χ0n) is 21.1. The lowest BCUT2D eigenvalue weighted by molar-refractivity contribution is -0.252. The average molecular weight is 577 g/mol. The van der Waals surface area contributed by atoms with Crippen molar-refractivity contribution in [1.29, 1.82) is 0 Å². The first-order valence-electron chi connectivity index (χ1n) is 12.6. The van der Waals surface area contributed by atoms with Gasteiger partial charge in [-0.2, -0.15) is 0 Å². The van der Waals surface area contributed by atoms with Gasteiger partial charge in [0.2, 0.25) is 11.8 Å². The molecule has 3 atom stereocenters. The number of ether oxygens (including phenoxy) is 2. The van der Waals surface area contributed by atoms with Gasteiger partial charge >= 0.3 is 0 Å². The standard InChI is InChI=1S/C27H30Cl2N4O6/c28-25-26(29)33(16-30-25)14-21-13-22(18-10-8-17(15-34)9-11-18)39-27(38-21)19-4-3-5-20(12-19)31-23(35)6-1-2-7-24(36)32-37/h3-5,8-12,16,21-22,27,34,37H,1-2,6-7,13-15H2,(H,31,35)(H,32,36)/t21-,22+,27+/m0/s1. The number of aliphatic hydroxyl groups is 1. The fourth-order valence-electron chi connectivity index (χ4n) is 4.34. The summed E-state index contributed by atoms with van der Waals surface area (Å²) in [6.07, 6.45) is 2.18. The van der Waals surface area contributed by atoms with Gasteiger partial charge in [0.15, 0.2) is 11.4 Å². The third-order valence-electron chi connectivity index (χ3n) is 6.37. The molecule has 0 saturated carbocycles. The van der Waals surface area contributed by atoms with Crippen LogP contribution in [0.3, 0.4) is 0 Å². The maximum Gasteiger partial charge on any atom is 0.243 e. The number of benzene rings is 2. The topological polar surface area (TPSA) is 135 Å². The van der Waals surface area contributed by atoms with Crippen molar-refractivity contribution in [3.8, 4) is 0 Å². The molecule has 2 aromatic carbocycles. The van der Waals surface area contributed by atoms with Gasteiger partial charge in [-0.1, -0.05) is 59.6 Å². The van der Waals surface area contributed by atoms with Crippen LogP contribution in [0.2, 0.25) is 10.3 Å². The average Bonchev–Trinajstić information content (AvgIpc) is 3.27. The Hall–Kier alpha value is -2.99. The Morgan fingerprint density at radius 3 is 2.44 bits per heavy atom. The predicted octanol–water partition coefficient (Wildman–Crippen LogP) is 4.93. The van der Waals surface area contributed by atoms with Gasteiger partial charge in [-0.15, -0.1) is 0 Å². The zero-order valence-corrected chi connectivity index (χ0v) is 22.6. The first-order valence-corrected chi connectivity index (χ1v) is 13.3. The zero-order chi connectivity index (χ0) is 27.8. The minimum absolute atomic E-state index is 0.0451. The van der Waals surface area contributed by atoms with Gasteiger partial charge in [-0.25, -0.2) is 10.5 Å². The molecule has 0 aliphatic carbocycles. The highest BCUT2D eigenvalue weighted by atomic mass is 35.5. The van der Waals surface area contributed by atoms with E-state index in [1.807, 2.05) is 36.4 Å². The number of imidazole rings is 1. The predicted molar refractivity (Wildman–Crippen MR) is 144 cm³/mol. The number of aliphatic hydroxyl groups excluding tert-OH is 1. The Labute approximate surface area is 235 Å². The maximum absolute atomic E-state index is 12.4. The highest BCUT2D eigenvalue weighted by molar-refractivity contribution is 6.40. The number of rotatable bonds is 11. The lowest BCUT2D eigenvalue weighted by Crippen LogP contribution is -2.32. The van der Waals surface area contributed by atoms with E-state index >= 15 is 0 Å². The van der Waals surface area contributed by atoms with Crippen molar-refractivity contribution in [2.24, 2.45) is 0 Å². The van der Waals surface area contributed by atoms with Gasteiger partial charge in [0.1, 0.15) is 5.15 Å². The van der Waals surface area contributed by atoms with Crippen LogP contribution in [0.4, 0.5) is 5.69 Å². The molecule has 3 aromatic rings. The largest absolute Gasteiger partial charge is 0.392 e. The third kappa shape index (κ3) is 8.01. The number of hydrogen-bond acceptors (Lipinski definition) is 7. The Morgan fingerprint density at radius 2 is 1.77 bits per heavy atom. The van der Waals surface area contributed by atoms with Crippen molar-refractivity contribution in [3.05, 3.63) is 81.9 Å². The number of nitrogens with zero attached hydrogens (tertiary/aromatic N) is 2. The number of hydrogen-bond donors (Lipinski definition) is 4. The molecule has 1 fully saturated rings. The van der Waals surface area contributed by atoms with Gasteiger partial charge in [-0.05, 0) is 36.1 Å². The van der Waals surface area contributed by atoms with Crippen molar-refractivity contribution in [3.63, 3.8) is 0 Å². The van der Waals surface area contributed by atoms with E-state index in [2.05, 4.69) is 10.3 Å². The van der Waals surface area contributed by atoms with E-state index in [1.165, 1.54) is 0 Å². The van der Waals surface area contributed by atoms with Crippen LogP contribution in [0.25, 0.3) is 0 Å². The number of aromatic nitrogens is 2. The molecule has 0 spiro atoms. The molecule has 2 amide bonds. The Kier molecular flexibility index (Phi) is 10.3. The van der Waals surface area contributed by atoms with Crippen LogP contribution in [0, 0.1) is 0 Å². The maximum atomic E-state index is 12.4. The molecule has 12 heteroatoms. The van der Waals surface area contributed by atoms with Gasteiger partial charge in [0.05, 0.1) is 31.7 Å². The van der Waals surface area contributed by atoms with Crippen LogP contribution in [0.15, 0.2) is 54.9 Å². The quantitative estimate of drug-likeness (QED) is 0.144. The number of carbonyl (C=O) groups is 2. The highest BCUT2D eigenvalue weighted by Gasteiger charge is 2.33. The molecule has 1 aliphatic heterocycles. The summed E-state index contributed by atoms with van der Waals surface area (Å²) < 4.78 is 14.4. The molecule has 10 nitrogen and oxygen atoms in total. The minimum Gasteiger partial charge on any atom is -0.392 e. The van der Waals surface area contributed by atoms with Gasteiger partial charge in [0, 0.05) is 30.5 Å². The van der Waals surface area contributed by atoms with Crippen molar-refractivity contribution < 1.29 is 29.4 Å². The van der Waals surface area contributed by atoms with Crippen LogP contribution in [-0.4, -0.2) is 37.8 Å². The van der Waals surface area contributed by atoms with Gasteiger partial charge in [-0.3, -0.25) is 14.8 Å². The molecule has 39 heavy (non-hydrogen) atoms. The lowest BCUT2D eigenvalue weighted by Gasteiger charge is -2.36. The molecule has 0 radical (unpaired) electrons. The second-order valence-electron chi connectivity index (χ2n) is 9.24. The number of halogens is 2. The second kappa shape index (κ2) is 13.9. The third-order valence-corrected chi connectivity index (χ3v) is 7.14. The fourth-order valence-corrected chi connectivity index (χ4v) is 4.65. The SMILES string of the molecule is O=C(CCCCC(=O)Nc1cccc([C@@H]2O[C@H](Cn3cnc(Cl)c3Cl)C[C@H](c3ccc(CO)cc3)O2)c1)NO. The highest BCUT2D eigenvalue weighted by Crippen LogP contribution is 2.39. The summed E-state index contributed by atoms with van der Waals surface area (Å²) in [4.78, 5) is 27.6. The van der Waals surface area contributed by atoms with Crippen molar-refractivity contribution >= 4 is 40.7 Å². The van der Waals surface area contributed by atoms with Crippen LogP contribution < -0.4 is 10.8 Å². The van der Waals surface area contributed by atoms with Gasteiger partial charge in [0.25, 0.3) is 0 Å². The first kappa shape index (κ1) is 29.0. The Balaban J connectivity index is 1.47. The normalized spacial score (nSPS) is 19.0. The number of carbonyl (C=O) groups excluding carboxylic acids is 2. The van der Waals surface area contributed by atoms with Crippen LogP contribution in [-0.2, 0) is 32.2 Å². The number of hydroxylamine groups is 1. The summed E-state index contributed by atoms with van der Waals surface area (Å²) in [5.74, 6) is -0.664. The fraction of sp³-hybridized carbons (Fsp3) is 0.370. The number of unbranched alkanes of at least 4 members (excludes halogenated alkanes) is 1. The van der Waals surface area contributed by atoms with E-state index in [1.54, 1.807) is 28.5 Å². The van der Waals surface area contributed by atoms with Crippen molar-refractivity contribution in [1.82, 2.24) is 15.0 Å². The van der Waals surface area contributed by atoms with Crippen LogP contribution in [0.1, 0.15) is 61.2 Å². The molecule has 1 aromatic heterocycles. The molecule has 1 aliphatic rings. The minimum atomic E-state index is -0.724. The first-order chi connectivity index (χ1) is 18.9. The Bertz CT molecular complexity index is 1270. The van der Waals surface area contributed by atoms with E-state index < -0.39 is 12.2 Å². The summed E-state index contributed by atoms with van der Waals surface area (Å²) in [6, 6.07) is 14.8. The second-order valence-corrected chi connectivity index (χ2v) is 9.96. The van der Waals surface area contributed by atoms with E-state index in [4.69, 9.17) is 37.9 Å². The molecular formula is C27H30Cl2N4O6. The molecular weight excluding hydrogens is 547 g/mol. The summed E-state index contributed by atoms with van der Waals surface area (Å²) in [5, 5.41) is 21.4. The van der Waals surface area contributed by atoms with Crippen LogP contribution in [0.5, 0.6) is 0 Å². The monoisotopic (exact) mass is 576 g/mol. The van der Waals surface area contributed by atoms with E-state index in [0.29, 0.717) is 36.6 Å². The molecule has 4 rings (SSSR count). The number of anilines is 1. The Morgan fingerprint density at radius 1 is 1.03 bits per heavy atom. The molecule has 4 N–H and O–H groups in total. The molecule has 208 valence electrons. The van der Waals surface area contributed by atoms with E-state index in [9.17, 15) is 14.7 Å². The summed E-state index contributed by atoms with van der Waals surface area (Å²) in [6.45, 7) is 0.366.